The van der Waals surface area contributed by atoms with Gasteiger partial charge < -0.3 is 10.1 Å². The molecule has 102 valence electrons. The molecular formula is C14H21BrFNO. The van der Waals surface area contributed by atoms with Gasteiger partial charge in [0.25, 0.3) is 0 Å². The Hall–Kier alpha value is -0.610. The molecular weight excluding hydrogens is 297 g/mol. The molecule has 0 aromatic heterocycles. The van der Waals surface area contributed by atoms with Gasteiger partial charge in [0.1, 0.15) is 11.6 Å². The summed E-state index contributed by atoms with van der Waals surface area (Å²) < 4.78 is 19.4. The summed E-state index contributed by atoms with van der Waals surface area (Å²) in [6, 6.07) is 4.58. The molecule has 0 aliphatic rings. The Morgan fingerprint density at radius 3 is 2.56 bits per heavy atom. The van der Waals surface area contributed by atoms with Crippen molar-refractivity contribution in [3.05, 3.63) is 28.5 Å². The molecule has 0 amide bonds. The highest BCUT2D eigenvalue weighted by atomic mass is 79.9. The summed E-state index contributed by atoms with van der Waals surface area (Å²) in [5.74, 6) is 0.635. The Balaban J connectivity index is 2.40. The van der Waals surface area contributed by atoms with Crippen LogP contribution < -0.4 is 10.1 Å². The normalized spacial score (nSPS) is 13.4. The molecule has 0 saturated carbocycles. The van der Waals surface area contributed by atoms with Crippen LogP contribution in [0, 0.1) is 11.7 Å². The average Bonchev–Trinajstić information content (AvgIpc) is 2.21. The molecule has 0 spiro atoms. The quantitative estimate of drug-likeness (QED) is 0.886. The first kappa shape index (κ1) is 15.4. The Morgan fingerprint density at radius 2 is 2.00 bits per heavy atom. The van der Waals surface area contributed by atoms with Gasteiger partial charge in [-0.15, -0.1) is 0 Å². The molecule has 4 heteroatoms. The first-order valence-corrected chi connectivity index (χ1v) is 6.89. The zero-order valence-corrected chi connectivity index (χ0v) is 13.0. The second kappa shape index (κ2) is 6.53. The van der Waals surface area contributed by atoms with Gasteiger partial charge in [-0.1, -0.05) is 22.9 Å². The van der Waals surface area contributed by atoms with Gasteiger partial charge in [0.2, 0.25) is 0 Å². The van der Waals surface area contributed by atoms with Crippen molar-refractivity contribution in [3.63, 3.8) is 0 Å². The van der Waals surface area contributed by atoms with Crippen LogP contribution in [0.4, 0.5) is 4.39 Å². The van der Waals surface area contributed by atoms with E-state index in [0.717, 1.165) is 6.54 Å². The Bertz CT molecular complexity index is 370. The molecule has 1 N–H and O–H groups in total. The van der Waals surface area contributed by atoms with Crippen LogP contribution in [0.25, 0.3) is 0 Å². The first-order chi connectivity index (χ1) is 8.26. The summed E-state index contributed by atoms with van der Waals surface area (Å²) in [5.41, 5.74) is 0.107. The third-order valence-electron chi connectivity index (χ3n) is 2.35. The summed E-state index contributed by atoms with van der Waals surface area (Å²) >= 11 is 3.24. The smallest absolute Gasteiger partial charge is 0.128 e. The van der Waals surface area contributed by atoms with Crippen molar-refractivity contribution < 1.29 is 9.13 Å². The number of hydrogen-bond acceptors (Lipinski definition) is 2. The molecule has 1 rings (SSSR count). The lowest BCUT2D eigenvalue weighted by molar-refractivity contribution is 0.243. The molecule has 2 nitrogen and oxygen atoms in total. The molecule has 0 fully saturated rings. The van der Waals surface area contributed by atoms with Gasteiger partial charge in [0, 0.05) is 28.5 Å². The van der Waals surface area contributed by atoms with Gasteiger partial charge in [-0.05, 0) is 32.9 Å². The molecule has 18 heavy (non-hydrogen) atoms. The van der Waals surface area contributed by atoms with Crippen LogP contribution in [0.3, 0.4) is 0 Å². The number of halogens is 2. The molecule has 0 saturated heterocycles. The summed E-state index contributed by atoms with van der Waals surface area (Å²) in [5, 5.41) is 3.42. The molecule has 1 aromatic carbocycles. The highest BCUT2D eigenvalue weighted by Crippen LogP contribution is 2.21. The zero-order chi connectivity index (χ0) is 13.8. The largest absolute Gasteiger partial charge is 0.493 e. The lowest BCUT2D eigenvalue weighted by Crippen LogP contribution is -2.39. The van der Waals surface area contributed by atoms with Crippen molar-refractivity contribution in [2.45, 2.75) is 33.2 Å². The van der Waals surface area contributed by atoms with E-state index in [0.29, 0.717) is 22.7 Å². The fraction of sp³-hybridized carbons (Fsp3) is 0.571. The van der Waals surface area contributed by atoms with E-state index in [2.05, 4.69) is 48.9 Å². The van der Waals surface area contributed by atoms with Crippen LogP contribution in [0.5, 0.6) is 5.75 Å². The van der Waals surface area contributed by atoms with E-state index in [4.69, 9.17) is 4.74 Å². The minimum atomic E-state index is -0.292. The van der Waals surface area contributed by atoms with Gasteiger partial charge in [-0.3, -0.25) is 0 Å². The van der Waals surface area contributed by atoms with Crippen LogP contribution >= 0.6 is 15.9 Å². The van der Waals surface area contributed by atoms with Crippen LogP contribution in [0.1, 0.15) is 27.7 Å². The van der Waals surface area contributed by atoms with E-state index in [1.165, 1.54) is 12.1 Å². The molecule has 1 unspecified atom stereocenters. The second-order valence-corrected chi connectivity index (χ2v) is 6.57. The van der Waals surface area contributed by atoms with Crippen LogP contribution in [-0.2, 0) is 0 Å². The van der Waals surface area contributed by atoms with E-state index < -0.39 is 0 Å². The number of hydrogen-bond donors (Lipinski definition) is 1. The third-order valence-corrected chi connectivity index (χ3v) is 2.81. The van der Waals surface area contributed by atoms with Gasteiger partial charge in [0.15, 0.2) is 0 Å². The van der Waals surface area contributed by atoms with E-state index in [1.54, 1.807) is 6.07 Å². The van der Waals surface area contributed by atoms with Gasteiger partial charge in [0.05, 0.1) is 6.61 Å². The third kappa shape index (κ3) is 6.36. The van der Waals surface area contributed by atoms with E-state index in [9.17, 15) is 4.39 Å². The molecule has 1 aromatic rings. The molecule has 0 radical (unpaired) electrons. The van der Waals surface area contributed by atoms with Crippen LogP contribution in [-0.4, -0.2) is 18.7 Å². The molecule has 0 bridgehead atoms. The molecule has 0 aliphatic heterocycles. The lowest BCUT2D eigenvalue weighted by Gasteiger charge is -2.23. The number of nitrogens with one attached hydrogen (secondary N) is 1. The van der Waals surface area contributed by atoms with Gasteiger partial charge in [-0.2, -0.15) is 0 Å². The van der Waals surface area contributed by atoms with Gasteiger partial charge >= 0.3 is 0 Å². The van der Waals surface area contributed by atoms with E-state index in [1.807, 2.05) is 0 Å². The summed E-state index contributed by atoms with van der Waals surface area (Å²) in [6.45, 7) is 9.94. The fourth-order valence-corrected chi connectivity index (χ4v) is 1.83. The highest BCUT2D eigenvalue weighted by molar-refractivity contribution is 9.10. The monoisotopic (exact) mass is 317 g/mol. The van der Waals surface area contributed by atoms with Crippen LogP contribution in [0.2, 0.25) is 0 Å². The van der Waals surface area contributed by atoms with Crippen molar-refractivity contribution >= 4 is 15.9 Å². The highest BCUT2D eigenvalue weighted by Gasteiger charge is 2.11. The van der Waals surface area contributed by atoms with Gasteiger partial charge in [-0.25, -0.2) is 4.39 Å². The van der Waals surface area contributed by atoms with Crippen molar-refractivity contribution in [1.82, 2.24) is 5.32 Å². The van der Waals surface area contributed by atoms with Crippen LogP contribution in [0.15, 0.2) is 22.7 Å². The predicted molar refractivity (Wildman–Crippen MR) is 76.5 cm³/mol. The fourth-order valence-electron chi connectivity index (χ4n) is 1.39. The summed E-state index contributed by atoms with van der Waals surface area (Å²) in [6.07, 6.45) is 0. The summed E-state index contributed by atoms with van der Waals surface area (Å²) in [7, 11) is 0. The Morgan fingerprint density at radius 1 is 1.33 bits per heavy atom. The topological polar surface area (TPSA) is 21.3 Å². The zero-order valence-electron chi connectivity index (χ0n) is 11.4. The summed E-state index contributed by atoms with van der Waals surface area (Å²) in [4.78, 5) is 0. The molecule has 0 aliphatic carbocycles. The predicted octanol–water partition coefficient (Wildman–Crippen LogP) is 3.99. The second-order valence-electron chi connectivity index (χ2n) is 5.65. The van der Waals surface area contributed by atoms with Crippen molar-refractivity contribution in [2.75, 3.05) is 13.2 Å². The molecule has 0 heterocycles. The van der Waals surface area contributed by atoms with Crippen molar-refractivity contribution in [3.8, 4) is 5.75 Å². The van der Waals surface area contributed by atoms with Crippen molar-refractivity contribution in [1.29, 1.82) is 0 Å². The minimum absolute atomic E-state index is 0.107. The molecule has 1 atom stereocenters. The number of rotatable bonds is 5. The SMILES string of the molecule is CC(CNC(C)(C)C)COc1cc(F)cc(Br)c1. The standard InChI is InChI=1S/C14H21BrFNO/c1-10(8-17-14(2,3)4)9-18-13-6-11(15)5-12(16)7-13/h5-7,10,17H,8-9H2,1-4H3. The van der Waals surface area contributed by atoms with Crippen molar-refractivity contribution in [2.24, 2.45) is 5.92 Å². The maximum Gasteiger partial charge on any atom is 0.128 e. The first-order valence-electron chi connectivity index (χ1n) is 6.10. The Labute approximate surface area is 117 Å². The van der Waals surface area contributed by atoms with E-state index >= 15 is 0 Å². The maximum absolute atomic E-state index is 13.1. The number of ether oxygens (including phenoxy) is 1. The number of benzene rings is 1. The Kier molecular flexibility index (Phi) is 5.60. The minimum Gasteiger partial charge on any atom is -0.493 e. The average molecular weight is 318 g/mol. The maximum atomic E-state index is 13.1. The lowest BCUT2D eigenvalue weighted by atomic mass is 10.1. The van der Waals surface area contributed by atoms with E-state index in [-0.39, 0.29) is 11.4 Å².